The number of anilines is 1. The van der Waals surface area contributed by atoms with Crippen molar-refractivity contribution in [3.63, 3.8) is 0 Å². The second-order valence-corrected chi connectivity index (χ2v) is 6.16. The van der Waals surface area contributed by atoms with Crippen molar-refractivity contribution in [2.45, 2.75) is 6.42 Å². The highest BCUT2D eigenvalue weighted by molar-refractivity contribution is 14.1. The molecule has 0 fully saturated rings. The summed E-state index contributed by atoms with van der Waals surface area (Å²) in [6.07, 6.45) is 5.03. The van der Waals surface area contributed by atoms with E-state index in [-0.39, 0.29) is 0 Å². The number of nitrogens with one attached hydrogen (secondary N) is 2. The van der Waals surface area contributed by atoms with E-state index in [1.165, 1.54) is 6.33 Å². The fourth-order valence-corrected chi connectivity index (χ4v) is 2.00. The van der Waals surface area contributed by atoms with Gasteiger partial charge in [0.15, 0.2) is 0 Å². The minimum absolute atomic E-state index is 0.424. The predicted molar refractivity (Wildman–Crippen MR) is 70.7 cm³/mol. The van der Waals surface area contributed by atoms with Crippen molar-refractivity contribution in [3.05, 3.63) is 16.1 Å². The van der Waals surface area contributed by atoms with Gasteiger partial charge in [0, 0.05) is 19.3 Å². The molecule has 0 radical (unpaired) electrons. The standard InChI is InChI=1S/C8H13IN4O2S/c1-16(14,15)13-4-2-3-11-8-7(9)5-10-6-12-8/h5-6,13H,2-4H2,1H3,(H,10,11,12). The molecule has 8 heteroatoms. The van der Waals surface area contributed by atoms with Gasteiger partial charge in [-0.25, -0.2) is 23.1 Å². The number of aromatic nitrogens is 2. The number of sulfonamides is 1. The largest absolute Gasteiger partial charge is 0.369 e. The molecule has 2 N–H and O–H groups in total. The molecule has 90 valence electrons. The first-order valence-corrected chi connectivity index (χ1v) is 7.60. The van der Waals surface area contributed by atoms with Crippen molar-refractivity contribution in [1.82, 2.24) is 14.7 Å². The van der Waals surface area contributed by atoms with Crippen LogP contribution in [0.4, 0.5) is 5.82 Å². The third-order valence-electron chi connectivity index (χ3n) is 1.68. The Morgan fingerprint density at radius 3 is 2.81 bits per heavy atom. The monoisotopic (exact) mass is 356 g/mol. The molecule has 1 rings (SSSR count). The maximum atomic E-state index is 10.8. The fourth-order valence-electron chi connectivity index (χ4n) is 0.995. The first kappa shape index (κ1) is 13.6. The highest BCUT2D eigenvalue weighted by Gasteiger charge is 2.01. The minimum Gasteiger partial charge on any atom is -0.369 e. The lowest BCUT2D eigenvalue weighted by molar-refractivity contribution is 0.586. The predicted octanol–water partition coefficient (Wildman–Crippen LogP) is 0.432. The van der Waals surface area contributed by atoms with Crippen LogP contribution in [0.2, 0.25) is 0 Å². The fraction of sp³-hybridized carbons (Fsp3) is 0.500. The van der Waals surface area contributed by atoms with E-state index in [1.54, 1.807) is 6.20 Å². The van der Waals surface area contributed by atoms with Crippen LogP contribution in [0.3, 0.4) is 0 Å². The van der Waals surface area contributed by atoms with E-state index in [9.17, 15) is 8.42 Å². The molecular formula is C8H13IN4O2S. The lowest BCUT2D eigenvalue weighted by Gasteiger charge is -2.06. The number of hydrogen-bond acceptors (Lipinski definition) is 5. The van der Waals surface area contributed by atoms with Crippen LogP contribution in [0.1, 0.15) is 6.42 Å². The summed E-state index contributed by atoms with van der Waals surface area (Å²) in [5.41, 5.74) is 0. The topological polar surface area (TPSA) is 84.0 Å². The van der Waals surface area contributed by atoms with Gasteiger partial charge >= 0.3 is 0 Å². The molecule has 1 aromatic rings. The summed E-state index contributed by atoms with van der Waals surface area (Å²) in [7, 11) is -3.08. The van der Waals surface area contributed by atoms with Crippen molar-refractivity contribution < 1.29 is 8.42 Å². The summed E-state index contributed by atoms with van der Waals surface area (Å²) in [5, 5.41) is 3.11. The first-order valence-electron chi connectivity index (χ1n) is 4.63. The Morgan fingerprint density at radius 1 is 1.44 bits per heavy atom. The molecule has 6 nitrogen and oxygen atoms in total. The van der Waals surface area contributed by atoms with Crippen LogP contribution in [0, 0.1) is 3.57 Å². The van der Waals surface area contributed by atoms with E-state index >= 15 is 0 Å². The smallest absolute Gasteiger partial charge is 0.208 e. The Morgan fingerprint density at radius 2 is 2.19 bits per heavy atom. The van der Waals surface area contributed by atoms with Crippen LogP contribution in [0.15, 0.2) is 12.5 Å². The van der Waals surface area contributed by atoms with Gasteiger partial charge < -0.3 is 5.32 Å². The van der Waals surface area contributed by atoms with Gasteiger partial charge in [-0.05, 0) is 29.0 Å². The molecule has 0 aromatic carbocycles. The Bertz CT molecular complexity index is 437. The zero-order valence-corrected chi connectivity index (χ0v) is 11.7. The number of nitrogens with zero attached hydrogens (tertiary/aromatic N) is 2. The SMILES string of the molecule is CS(=O)(=O)NCCCNc1ncncc1I. The molecule has 0 aliphatic carbocycles. The summed E-state index contributed by atoms with van der Waals surface area (Å²) in [4.78, 5) is 7.93. The van der Waals surface area contributed by atoms with E-state index in [4.69, 9.17) is 0 Å². The zero-order valence-electron chi connectivity index (χ0n) is 8.77. The molecule has 16 heavy (non-hydrogen) atoms. The minimum atomic E-state index is -3.08. The van der Waals surface area contributed by atoms with E-state index in [2.05, 4.69) is 42.6 Å². The number of halogens is 1. The highest BCUT2D eigenvalue weighted by Crippen LogP contribution is 2.11. The van der Waals surface area contributed by atoms with Gasteiger partial charge in [-0.2, -0.15) is 0 Å². The quantitative estimate of drug-likeness (QED) is 0.571. The van der Waals surface area contributed by atoms with Crippen LogP contribution in [0.5, 0.6) is 0 Å². The summed E-state index contributed by atoms with van der Waals surface area (Å²) in [6, 6.07) is 0. The molecule has 0 saturated carbocycles. The van der Waals surface area contributed by atoms with E-state index in [0.717, 1.165) is 15.6 Å². The van der Waals surface area contributed by atoms with Crippen LogP contribution in [0.25, 0.3) is 0 Å². The summed E-state index contributed by atoms with van der Waals surface area (Å²) >= 11 is 2.14. The molecule has 0 unspecified atom stereocenters. The lowest BCUT2D eigenvalue weighted by Crippen LogP contribution is -2.24. The maximum absolute atomic E-state index is 10.8. The molecule has 0 amide bonds. The average Bonchev–Trinajstić information content (AvgIpc) is 2.18. The van der Waals surface area contributed by atoms with Gasteiger partial charge in [-0.3, -0.25) is 0 Å². The molecular weight excluding hydrogens is 343 g/mol. The van der Waals surface area contributed by atoms with E-state index in [1.807, 2.05) is 0 Å². The molecule has 1 heterocycles. The van der Waals surface area contributed by atoms with Crippen LogP contribution in [-0.4, -0.2) is 37.7 Å². The van der Waals surface area contributed by atoms with Crippen LogP contribution in [-0.2, 0) is 10.0 Å². The van der Waals surface area contributed by atoms with Gasteiger partial charge in [0.05, 0.1) is 9.83 Å². The summed E-state index contributed by atoms with van der Waals surface area (Å²) < 4.78 is 24.9. The van der Waals surface area contributed by atoms with Crippen molar-refractivity contribution in [3.8, 4) is 0 Å². The van der Waals surface area contributed by atoms with E-state index < -0.39 is 10.0 Å². The molecule has 0 aliphatic rings. The number of hydrogen-bond donors (Lipinski definition) is 2. The Labute approximate surface area is 108 Å². The third kappa shape index (κ3) is 5.56. The maximum Gasteiger partial charge on any atom is 0.208 e. The second kappa shape index (κ2) is 6.30. The van der Waals surface area contributed by atoms with Gasteiger partial charge in [-0.15, -0.1) is 0 Å². The molecule has 0 aliphatic heterocycles. The molecule has 0 spiro atoms. The highest BCUT2D eigenvalue weighted by atomic mass is 127. The van der Waals surface area contributed by atoms with Crippen molar-refractivity contribution in [2.24, 2.45) is 0 Å². The molecule has 0 bridgehead atoms. The molecule has 0 saturated heterocycles. The normalized spacial score (nSPS) is 11.4. The second-order valence-electron chi connectivity index (χ2n) is 3.17. The number of rotatable bonds is 6. The summed E-state index contributed by atoms with van der Waals surface area (Å²) in [6.45, 7) is 1.09. The first-order chi connectivity index (χ1) is 7.49. The van der Waals surface area contributed by atoms with Gasteiger partial charge in [0.25, 0.3) is 0 Å². The zero-order chi connectivity index (χ0) is 12.0. The Balaban J connectivity index is 2.24. The summed E-state index contributed by atoms with van der Waals surface area (Å²) in [5.74, 6) is 0.773. The Kier molecular flexibility index (Phi) is 5.35. The van der Waals surface area contributed by atoms with Gasteiger partial charge in [0.2, 0.25) is 10.0 Å². The van der Waals surface area contributed by atoms with Gasteiger partial charge in [0.1, 0.15) is 12.1 Å². The average molecular weight is 356 g/mol. The van der Waals surface area contributed by atoms with Crippen LogP contribution < -0.4 is 10.0 Å². The van der Waals surface area contributed by atoms with Crippen molar-refractivity contribution in [2.75, 3.05) is 24.7 Å². The van der Waals surface area contributed by atoms with Gasteiger partial charge in [-0.1, -0.05) is 0 Å². The van der Waals surface area contributed by atoms with Crippen molar-refractivity contribution >= 4 is 38.4 Å². The lowest BCUT2D eigenvalue weighted by atomic mass is 10.4. The van der Waals surface area contributed by atoms with Crippen molar-refractivity contribution in [1.29, 1.82) is 0 Å². The molecule has 1 aromatic heterocycles. The van der Waals surface area contributed by atoms with Crippen LogP contribution >= 0.6 is 22.6 Å². The molecule has 0 atom stereocenters. The van der Waals surface area contributed by atoms with E-state index in [0.29, 0.717) is 19.5 Å². The Hall–Kier alpha value is -0.480. The third-order valence-corrected chi connectivity index (χ3v) is 3.20.